The highest BCUT2D eigenvalue weighted by Gasteiger charge is 2.26. The largest absolute Gasteiger partial charge is 0.482 e. The first kappa shape index (κ1) is 23.4. The Morgan fingerprint density at radius 1 is 0.906 bits per heavy atom. The number of nitrogens with zero attached hydrogens (tertiary/aromatic N) is 1. The minimum absolute atomic E-state index is 0.206. The summed E-state index contributed by atoms with van der Waals surface area (Å²) in [5.74, 6) is -0.0652. The zero-order chi connectivity index (χ0) is 22.8. The van der Waals surface area contributed by atoms with Crippen LogP contribution in [0.5, 0.6) is 5.75 Å². The molecule has 2 amide bonds. The molecule has 0 saturated carbocycles. The highest BCUT2D eigenvalue weighted by molar-refractivity contribution is 6.32. The highest BCUT2D eigenvalue weighted by Crippen LogP contribution is 2.23. The quantitative estimate of drug-likeness (QED) is 0.495. The fourth-order valence-corrected chi connectivity index (χ4v) is 3.46. The van der Waals surface area contributed by atoms with Crippen LogP contribution in [0, 0.1) is 0 Å². The molecule has 0 aliphatic carbocycles. The molecule has 0 bridgehead atoms. The third kappa shape index (κ3) is 6.86. The first-order chi connectivity index (χ1) is 15.5. The van der Waals surface area contributed by atoms with Gasteiger partial charge in [0.15, 0.2) is 6.61 Å². The van der Waals surface area contributed by atoms with Crippen LogP contribution in [0.4, 0.5) is 0 Å². The van der Waals surface area contributed by atoms with Crippen molar-refractivity contribution in [1.29, 1.82) is 0 Å². The molecule has 0 radical (unpaired) electrons. The minimum atomic E-state index is -0.659. The van der Waals surface area contributed by atoms with E-state index < -0.39 is 6.04 Å². The molecule has 1 N–H and O–H groups in total. The van der Waals surface area contributed by atoms with Gasteiger partial charge in [-0.3, -0.25) is 9.59 Å². The van der Waals surface area contributed by atoms with Gasteiger partial charge in [-0.1, -0.05) is 84.4 Å². The van der Waals surface area contributed by atoms with E-state index in [4.69, 9.17) is 16.3 Å². The standard InChI is InChI=1S/C26H27ClN2O3/c1-20(26(31)28-17-16-21-10-4-2-5-11-21)29(18-22-12-6-3-7-13-22)25(30)19-32-24-15-9-8-14-23(24)27/h2-15,20H,16-19H2,1H3,(H,28,31)/t20-/m0/s1. The molecule has 0 saturated heterocycles. The van der Waals surface area contributed by atoms with Gasteiger partial charge in [-0.05, 0) is 36.6 Å². The lowest BCUT2D eigenvalue weighted by Crippen LogP contribution is -2.49. The van der Waals surface area contributed by atoms with Crippen molar-refractivity contribution in [3.63, 3.8) is 0 Å². The molecule has 166 valence electrons. The monoisotopic (exact) mass is 450 g/mol. The van der Waals surface area contributed by atoms with Crippen molar-refractivity contribution in [3.8, 4) is 5.75 Å². The van der Waals surface area contributed by atoms with Crippen LogP contribution in [-0.2, 0) is 22.6 Å². The maximum atomic E-state index is 13.1. The van der Waals surface area contributed by atoms with Crippen molar-refractivity contribution in [2.24, 2.45) is 0 Å². The van der Waals surface area contributed by atoms with E-state index in [1.54, 1.807) is 31.2 Å². The lowest BCUT2D eigenvalue weighted by molar-refractivity contribution is -0.142. The van der Waals surface area contributed by atoms with Crippen LogP contribution < -0.4 is 10.1 Å². The van der Waals surface area contributed by atoms with Crippen LogP contribution in [0.3, 0.4) is 0 Å². The van der Waals surface area contributed by atoms with Crippen LogP contribution >= 0.6 is 11.6 Å². The number of hydrogen-bond donors (Lipinski definition) is 1. The Hall–Kier alpha value is -3.31. The molecule has 3 aromatic rings. The van der Waals surface area contributed by atoms with Crippen molar-refractivity contribution >= 4 is 23.4 Å². The Morgan fingerprint density at radius 2 is 1.50 bits per heavy atom. The second-order valence-corrected chi connectivity index (χ2v) is 7.84. The topological polar surface area (TPSA) is 58.6 Å². The molecule has 0 heterocycles. The summed E-state index contributed by atoms with van der Waals surface area (Å²) in [7, 11) is 0. The number of amides is 2. The van der Waals surface area contributed by atoms with Gasteiger partial charge in [0.05, 0.1) is 5.02 Å². The molecule has 0 unspecified atom stereocenters. The number of hydrogen-bond acceptors (Lipinski definition) is 3. The van der Waals surface area contributed by atoms with Crippen molar-refractivity contribution in [2.75, 3.05) is 13.2 Å². The molecule has 32 heavy (non-hydrogen) atoms. The van der Waals surface area contributed by atoms with Gasteiger partial charge >= 0.3 is 0 Å². The van der Waals surface area contributed by atoms with E-state index in [2.05, 4.69) is 5.32 Å². The van der Waals surface area contributed by atoms with Gasteiger partial charge in [0.25, 0.3) is 5.91 Å². The smallest absolute Gasteiger partial charge is 0.261 e. The summed E-state index contributed by atoms with van der Waals surface area (Å²) in [6.07, 6.45) is 0.724. The number of benzene rings is 3. The van der Waals surface area contributed by atoms with Gasteiger partial charge < -0.3 is 15.0 Å². The Balaban J connectivity index is 1.64. The van der Waals surface area contributed by atoms with Gasteiger partial charge in [-0.15, -0.1) is 0 Å². The van der Waals surface area contributed by atoms with Crippen molar-refractivity contribution in [3.05, 3.63) is 101 Å². The number of nitrogens with one attached hydrogen (secondary N) is 1. The molecule has 3 aromatic carbocycles. The molecule has 0 spiro atoms. The second-order valence-electron chi connectivity index (χ2n) is 7.43. The molecule has 5 nitrogen and oxygen atoms in total. The summed E-state index contributed by atoms with van der Waals surface area (Å²) in [6.45, 7) is 2.32. The first-order valence-electron chi connectivity index (χ1n) is 10.6. The average Bonchev–Trinajstić information content (AvgIpc) is 2.82. The summed E-state index contributed by atoms with van der Waals surface area (Å²) in [5, 5.41) is 3.37. The minimum Gasteiger partial charge on any atom is -0.482 e. The third-order valence-electron chi connectivity index (χ3n) is 5.11. The summed E-state index contributed by atoms with van der Waals surface area (Å²) < 4.78 is 5.63. The van der Waals surface area contributed by atoms with Gasteiger partial charge in [0.2, 0.25) is 5.91 Å². The predicted molar refractivity (Wildman–Crippen MR) is 127 cm³/mol. The van der Waals surface area contributed by atoms with E-state index in [0.29, 0.717) is 23.9 Å². The van der Waals surface area contributed by atoms with Crippen molar-refractivity contribution in [1.82, 2.24) is 10.2 Å². The molecule has 0 aliphatic heterocycles. The van der Waals surface area contributed by atoms with Crippen LogP contribution in [0.2, 0.25) is 5.02 Å². The Bertz CT molecular complexity index is 1010. The fourth-order valence-electron chi connectivity index (χ4n) is 3.27. The van der Waals surface area contributed by atoms with E-state index in [0.717, 1.165) is 17.5 Å². The normalized spacial score (nSPS) is 11.4. The first-order valence-corrected chi connectivity index (χ1v) is 10.9. The van der Waals surface area contributed by atoms with E-state index in [1.165, 1.54) is 4.90 Å². The van der Waals surface area contributed by atoms with Crippen LogP contribution in [-0.4, -0.2) is 35.9 Å². The Morgan fingerprint density at radius 3 is 2.16 bits per heavy atom. The Labute approximate surface area is 194 Å². The van der Waals surface area contributed by atoms with E-state index in [-0.39, 0.29) is 18.4 Å². The van der Waals surface area contributed by atoms with E-state index >= 15 is 0 Å². The summed E-state index contributed by atoms with van der Waals surface area (Å²) >= 11 is 6.12. The van der Waals surface area contributed by atoms with Crippen molar-refractivity contribution in [2.45, 2.75) is 25.9 Å². The van der Waals surface area contributed by atoms with Gasteiger partial charge in [0, 0.05) is 13.1 Å². The summed E-state index contributed by atoms with van der Waals surface area (Å²) in [4.78, 5) is 27.4. The maximum Gasteiger partial charge on any atom is 0.261 e. The van der Waals surface area contributed by atoms with Crippen LogP contribution in [0.25, 0.3) is 0 Å². The summed E-state index contributed by atoms with van der Waals surface area (Å²) in [5.41, 5.74) is 2.08. The molecule has 1 atom stereocenters. The molecular formula is C26H27ClN2O3. The molecule has 0 fully saturated rings. The molecule has 0 aromatic heterocycles. The number of para-hydroxylation sites is 1. The number of ether oxygens (including phenoxy) is 1. The van der Waals surface area contributed by atoms with Gasteiger partial charge in [-0.2, -0.15) is 0 Å². The van der Waals surface area contributed by atoms with Gasteiger partial charge in [0.1, 0.15) is 11.8 Å². The average molecular weight is 451 g/mol. The number of rotatable bonds is 10. The SMILES string of the molecule is C[C@@H](C(=O)NCCc1ccccc1)N(Cc1ccccc1)C(=O)COc1ccccc1Cl. The number of carbonyl (C=O) groups is 2. The van der Waals surface area contributed by atoms with Gasteiger partial charge in [-0.25, -0.2) is 0 Å². The lowest BCUT2D eigenvalue weighted by atomic mass is 10.1. The van der Waals surface area contributed by atoms with Crippen LogP contribution in [0.15, 0.2) is 84.9 Å². The summed E-state index contributed by atoms with van der Waals surface area (Å²) in [6, 6.07) is 25.8. The third-order valence-corrected chi connectivity index (χ3v) is 5.42. The maximum absolute atomic E-state index is 13.1. The highest BCUT2D eigenvalue weighted by atomic mass is 35.5. The zero-order valence-corrected chi connectivity index (χ0v) is 18.8. The second kappa shape index (κ2) is 11.9. The molecule has 0 aliphatic rings. The fraction of sp³-hybridized carbons (Fsp3) is 0.231. The zero-order valence-electron chi connectivity index (χ0n) is 18.0. The molecular weight excluding hydrogens is 424 g/mol. The van der Waals surface area contributed by atoms with E-state index in [9.17, 15) is 9.59 Å². The Kier molecular flexibility index (Phi) is 8.70. The number of carbonyl (C=O) groups excluding carboxylic acids is 2. The number of halogens is 1. The molecule has 3 rings (SSSR count). The lowest BCUT2D eigenvalue weighted by Gasteiger charge is -2.28. The predicted octanol–water partition coefficient (Wildman–Crippen LogP) is 4.50. The molecule has 6 heteroatoms. The van der Waals surface area contributed by atoms with Crippen molar-refractivity contribution < 1.29 is 14.3 Å². The van der Waals surface area contributed by atoms with E-state index in [1.807, 2.05) is 60.7 Å². The van der Waals surface area contributed by atoms with Crippen LogP contribution in [0.1, 0.15) is 18.1 Å².